The monoisotopic (exact) mass is 212 g/mol. The van der Waals surface area contributed by atoms with Gasteiger partial charge in [-0.1, -0.05) is 34.6 Å². The van der Waals surface area contributed by atoms with E-state index in [1.54, 1.807) is 0 Å². The Kier molecular flexibility index (Phi) is 3.44. The van der Waals surface area contributed by atoms with Gasteiger partial charge in [0.2, 0.25) is 5.91 Å². The van der Waals surface area contributed by atoms with Crippen LogP contribution in [0.4, 0.5) is 0 Å². The Bertz CT molecular complexity index is 232. The van der Waals surface area contributed by atoms with E-state index in [0.717, 1.165) is 13.1 Å². The van der Waals surface area contributed by atoms with Crippen LogP contribution in [0.2, 0.25) is 0 Å². The molecular weight excluding hydrogens is 188 g/mol. The standard InChI is InChI=1S/C12H24N2O/c1-6-13-8-10(15)14-7-9-11(2,3)12(9,4)5/h9,13H,6-8H2,1-5H3,(H,14,15). The van der Waals surface area contributed by atoms with Crippen molar-refractivity contribution in [3.8, 4) is 0 Å². The molecule has 15 heavy (non-hydrogen) atoms. The molecule has 0 atom stereocenters. The predicted molar refractivity (Wildman–Crippen MR) is 62.6 cm³/mol. The Balaban J connectivity index is 2.25. The van der Waals surface area contributed by atoms with Crippen molar-refractivity contribution in [1.29, 1.82) is 0 Å². The fourth-order valence-electron chi connectivity index (χ4n) is 2.36. The van der Waals surface area contributed by atoms with E-state index in [9.17, 15) is 4.79 Å². The molecule has 0 radical (unpaired) electrons. The summed E-state index contributed by atoms with van der Waals surface area (Å²) in [6, 6.07) is 0. The first-order valence-electron chi connectivity index (χ1n) is 5.81. The molecule has 1 fully saturated rings. The van der Waals surface area contributed by atoms with E-state index in [-0.39, 0.29) is 5.91 Å². The van der Waals surface area contributed by atoms with Crippen molar-refractivity contribution in [3.05, 3.63) is 0 Å². The molecule has 1 aliphatic carbocycles. The quantitative estimate of drug-likeness (QED) is 0.723. The Morgan fingerprint density at radius 2 is 1.73 bits per heavy atom. The van der Waals surface area contributed by atoms with Crippen LogP contribution in [0.1, 0.15) is 34.6 Å². The molecule has 1 saturated carbocycles. The first-order valence-corrected chi connectivity index (χ1v) is 5.81. The van der Waals surface area contributed by atoms with Gasteiger partial charge in [0, 0.05) is 6.54 Å². The molecule has 0 heterocycles. The third kappa shape index (κ3) is 2.33. The summed E-state index contributed by atoms with van der Waals surface area (Å²) in [5.74, 6) is 0.714. The zero-order chi connectivity index (χ0) is 11.7. The lowest BCUT2D eigenvalue weighted by Gasteiger charge is -2.06. The van der Waals surface area contributed by atoms with Gasteiger partial charge in [0.25, 0.3) is 0 Å². The van der Waals surface area contributed by atoms with Gasteiger partial charge in [-0.05, 0) is 23.3 Å². The van der Waals surface area contributed by atoms with E-state index < -0.39 is 0 Å². The molecule has 0 bridgehead atoms. The van der Waals surface area contributed by atoms with Crippen molar-refractivity contribution >= 4 is 5.91 Å². The molecule has 2 N–H and O–H groups in total. The molecule has 0 aromatic heterocycles. The van der Waals surface area contributed by atoms with Crippen LogP contribution in [-0.2, 0) is 4.79 Å². The largest absolute Gasteiger partial charge is 0.355 e. The van der Waals surface area contributed by atoms with Crippen molar-refractivity contribution in [3.63, 3.8) is 0 Å². The average Bonchev–Trinajstić information content (AvgIpc) is 2.51. The minimum absolute atomic E-state index is 0.107. The van der Waals surface area contributed by atoms with Crippen molar-refractivity contribution in [1.82, 2.24) is 10.6 Å². The highest BCUT2D eigenvalue weighted by molar-refractivity contribution is 5.78. The average molecular weight is 212 g/mol. The summed E-state index contributed by atoms with van der Waals surface area (Å²) in [5, 5.41) is 6.01. The second-order valence-corrected chi connectivity index (χ2v) is 5.58. The molecule has 0 aromatic rings. The fourth-order valence-corrected chi connectivity index (χ4v) is 2.36. The lowest BCUT2D eigenvalue weighted by molar-refractivity contribution is -0.120. The summed E-state index contributed by atoms with van der Waals surface area (Å²) in [4.78, 5) is 11.4. The first-order chi connectivity index (χ1) is 6.84. The summed E-state index contributed by atoms with van der Waals surface area (Å²) in [5.41, 5.74) is 0.719. The van der Waals surface area contributed by atoms with E-state index in [1.165, 1.54) is 0 Å². The number of carbonyl (C=O) groups excluding carboxylic acids is 1. The number of hydrogen-bond acceptors (Lipinski definition) is 2. The van der Waals surface area contributed by atoms with Crippen LogP contribution in [0, 0.1) is 16.7 Å². The zero-order valence-electron chi connectivity index (χ0n) is 10.6. The van der Waals surface area contributed by atoms with Crippen LogP contribution in [0.3, 0.4) is 0 Å². The van der Waals surface area contributed by atoms with E-state index in [2.05, 4.69) is 38.3 Å². The number of hydrogen-bond donors (Lipinski definition) is 2. The topological polar surface area (TPSA) is 41.1 Å². The maximum atomic E-state index is 11.4. The van der Waals surface area contributed by atoms with Crippen molar-refractivity contribution in [2.75, 3.05) is 19.6 Å². The molecule has 0 saturated heterocycles. The van der Waals surface area contributed by atoms with Gasteiger partial charge in [0.1, 0.15) is 0 Å². The van der Waals surface area contributed by atoms with Crippen molar-refractivity contribution in [2.24, 2.45) is 16.7 Å². The van der Waals surface area contributed by atoms with Crippen LogP contribution in [0.5, 0.6) is 0 Å². The molecule has 1 rings (SSSR count). The van der Waals surface area contributed by atoms with E-state index in [0.29, 0.717) is 23.3 Å². The van der Waals surface area contributed by atoms with Gasteiger partial charge in [-0.2, -0.15) is 0 Å². The second kappa shape index (κ2) is 4.12. The van der Waals surface area contributed by atoms with Crippen LogP contribution in [0.25, 0.3) is 0 Å². The molecule has 1 amide bonds. The van der Waals surface area contributed by atoms with Crippen molar-refractivity contribution < 1.29 is 4.79 Å². The highest BCUT2D eigenvalue weighted by Crippen LogP contribution is 2.67. The number of nitrogens with one attached hydrogen (secondary N) is 2. The maximum Gasteiger partial charge on any atom is 0.233 e. The molecule has 1 aliphatic rings. The summed E-state index contributed by atoms with van der Waals surface area (Å²) >= 11 is 0. The minimum atomic E-state index is 0.107. The van der Waals surface area contributed by atoms with Gasteiger partial charge >= 0.3 is 0 Å². The van der Waals surface area contributed by atoms with Gasteiger partial charge in [-0.3, -0.25) is 4.79 Å². The lowest BCUT2D eigenvalue weighted by Crippen LogP contribution is -2.35. The minimum Gasteiger partial charge on any atom is -0.355 e. The maximum absolute atomic E-state index is 11.4. The third-order valence-electron chi connectivity index (χ3n) is 4.36. The predicted octanol–water partition coefficient (Wildman–Crippen LogP) is 1.39. The van der Waals surface area contributed by atoms with Gasteiger partial charge in [0.15, 0.2) is 0 Å². The second-order valence-electron chi connectivity index (χ2n) is 5.58. The van der Waals surface area contributed by atoms with E-state index in [1.807, 2.05) is 6.92 Å². The highest BCUT2D eigenvalue weighted by atomic mass is 16.1. The van der Waals surface area contributed by atoms with Crippen LogP contribution >= 0.6 is 0 Å². The lowest BCUT2D eigenvalue weighted by atomic mass is 10.0. The number of amides is 1. The molecule has 0 aromatic carbocycles. The number of rotatable bonds is 5. The third-order valence-corrected chi connectivity index (χ3v) is 4.36. The Morgan fingerprint density at radius 3 is 2.13 bits per heavy atom. The number of likely N-dealkylation sites (N-methyl/N-ethyl adjacent to an activating group) is 1. The molecule has 0 aliphatic heterocycles. The van der Waals surface area contributed by atoms with Gasteiger partial charge in [-0.15, -0.1) is 0 Å². The van der Waals surface area contributed by atoms with Crippen molar-refractivity contribution in [2.45, 2.75) is 34.6 Å². The molecular formula is C12H24N2O. The fraction of sp³-hybridized carbons (Fsp3) is 0.917. The highest BCUT2D eigenvalue weighted by Gasteiger charge is 2.64. The SMILES string of the molecule is CCNCC(=O)NCC1C(C)(C)C1(C)C. The smallest absolute Gasteiger partial charge is 0.233 e. The van der Waals surface area contributed by atoms with E-state index >= 15 is 0 Å². The summed E-state index contributed by atoms with van der Waals surface area (Å²) < 4.78 is 0. The number of carbonyl (C=O) groups is 1. The Hall–Kier alpha value is -0.570. The molecule has 88 valence electrons. The summed E-state index contributed by atoms with van der Waals surface area (Å²) in [7, 11) is 0. The van der Waals surface area contributed by atoms with Gasteiger partial charge in [-0.25, -0.2) is 0 Å². The molecule has 3 heteroatoms. The summed E-state index contributed by atoms with van der Waals surface area (Å²) in [6.07, 6.45) is 0. The van der Waals surface area contributed by atoms with E-state index in [4.69, 9.17) is 0 Å². The zero-order valence-corrected chi connectivity index (χ0v) is 10.6. The van der Waals surface area contributed by atoms with Crippen LogP contribution in [-0.4, -0.2) is 25.5 Å². The van der Waals surface area contributed by atoms with Crippen LogP contribution in [0.15, 0.2) is 0 Å². The van der Waals surface area contributed by atoms with Gasteiger partial charge in [0.05, 0.1) is 6.54 Å². The molecule has 0 spiro atoms. The van der Waals surface area contributed by atoms with Gasteiger partial charge < -0.3 is 10.6 Å². The first kappa shape index (κ1) is 12.5. The summed E-state index contributed by atoms with van der Waals surface area (Å²) in [6.45, 7) is 13.2. The Labute approximate surface area is 93.0 Å². The molecule has 3 nitrogen and oxygen atoms in total. The Morgan fingerprint density at radius 1 is 1.20 bits per heavy atom. The normalized spacial score (nSPS) is 22.5. The molecule has 0 unspecified atom stereocenters. The van der Waals surface area contributed by atoms with Crippen LogP contribution < -0.4 is 10.6 Å².